The highest BCUT2D eigenvalue weighted by atomic mass is 32.2. The monoisotopic (exact) mass is 479 g/mol. The van der Waals surface area contributed by atoms with Crippen molar-refractivity contribution in [1.29, 1.82) is 0 Å². The summed E-state index contributed by atoms with van der Waals surface area (Å²) in [5.74, 6) is 2.63. The Kier molecular flexibility index (Phi) is 7.40. The van der Waals surface area contributed by atoms with Gasteiger partial charge in [-0.2, -0.15) is 13.1 Å². The number of benzene rings is 1. The maximum atomic E-state index is 11.6. The van der Waals surface area contributed by atoms with E-state index in [0.29, 0.717) is 23.8 Å². The van der Waals surface area contributed by atoms with E-state index in [1.807, 2.05) is 26.0 Å². The lowest BCUT2D eigenvalue weighted by molar-refractivity contribution is 0.139. The summed E-state index contributed by atoms with van der Waals surface area (Å²) in [4.78, 5) is 11.4. The summed E-state index contributed by atoms with van der Waals surface area (Å²) in [7, 11) is -0.524. The normalized spacial score (nSPS) is 18.3. The summed E-state index contributed by atoms with van der Waals surface area (Å²) >= 11 is 0. The molecule has 2 heterocycles. The smallest absolute Gasteiger partial charge is 0.274 e. The van der Waals surface area contributed by atoms with Crippen LogP contribution in [0, 0.1) is 11.3 Å². The number of anilines is 1. The van der Waals surface area contributed by atoms with Gasteiger partial charge in [0.05, 0.1) is 19.7 Å². The number of methoxy groups -OCH3 is 2. The molecule has 9 nitrogen and oxygen atoms in total. The van der Waals surface area contributed by atoms with Crippen LogP contribution in [0.2, 0.25) is 0 Å². The summed E-state index contributed by atoms with van der Waals surface area (Å²) in [6.45, 7) is 9.96. The van der Waals surface area contributed by atoms with Gasteiger partial charge in [-0.25, -0.2) is 15.1 Å². The maximum absolute atomic E-state index is 11.6. The standard InChI is InChI=1S/C23H37N5O4S/c1-22(2,14-23(3,4)27-33(24,29)30)16-8-7-10-28(11-9-16)21-17-12-19(31-5)20(32-6)13-18(17)25-15-26-21/h12-13,15-16,27H,7-11,14H2,1-6H3,(H2,24,29,30). The Balaban J connectivity index is 1.81. The number of nitrogens with zero attached hydrogens (tertiary/aromatic N) is 3. The SMILES string of the molecule is COc1cc2ncnc(N3CCCC(C(C)(C)CC(C)(C)NS(N)(=O)=O)CC3)c2cc1OC. The van der Waals surface area contributed by atoms with Crippen molar-refractivity contribution >= 4 is 26.9 Å². The molecule has 0 spiro atoms. The van der Waals surface area contributed by atoms with Gasteiger partial charge in [-0.1, -0.05) is 13.8 Å². The van der Waals surface area contributed by atoms with Crippen LogP contribution in [0.1, 0.15) is 53.4 Å². The van der Waals surface area contributed by atoms with Crippen molar-refractivity contribution in [3.63, 3.8) is 0 Å². The Labute approximate surface area is 197 Å². The fraction of sp³-hybridized carbons (Fsp3) is 0.652. The summed E-state index contributed by atoms with van der Waals surface area (Å²) in [5.41, 5.74) is 0.123. The molecule has 0 aliphatic carbocycles. The Morgan fingerprint density at radius 2 is 1.76 bits per heavy atom. The van der Waals surface area contributed by atoms with Gasteiger partial charge in [-0.05, 0) is 56.9 Å². The second-order valence-corrected chi connectivity index (χ2v) is 11.5. The lowest BCUT2D eigenvalue weighted by Crippen LogP contribution is -2.49. The minimum absolute atomic E-state index is 0.0679. The zero-order valence-electron chi connectivity index (χ0n) is 20.5. The lowest BCUT2D eigenvalue weighted by Gasteiger charge is -2.40. The van der Waals surface area contributed by atoms with E-state index in [9.17, 15) is 8.42 Å². The van der Waals surface area contributed by atoms with E-state index in [4.69, 9.17) is 14.6 Å². The molecule has 3 rings (SSSR count). The molecule has 2 aromatic rings. The topological polar surface area (TPSA) is 120 Å². The fourth-order valence-corrected chi connectivity index (χ4v) is 6.26. The van der Waals surface area contributed by atoms with Crippen molar-refractivity contribution in [2.45, 2.75) is 58.9 Å². The molecule has 3 N–H and O–H groups in total. The van der Waals surface area contributed by atoms with Crippen molar-refractivity contribution in [3.8, 4) is 11.5 Å². The number of hydrogen-bond acceptors (Lipinski definition) is 7. The van der Waals surface area contributed by atoms with E-state index in [1.165, 1.54) is 0 Å². The molecule has 1 unspecified atom stereocenters. The highest BCUT2D eigenvalue weighted by molar-refractivity contribution is 7.87. The van der Waals surface area contributed by atoms with Crippen LogP contribution in [0.5, 0.6) is 11.5 Å². The minimum Gasteiger partial charge on any atom is -0.493 e. The summed E-state index contributed by atoms with van der Waals surface area (Å²) in [6, 6.07) is 3.82. The number of fused-ring (bicyclic) bond motifs is 1. The number of nitrogens with one attached hydrogen (secondary N) is 1. The molecule has 1 aromatic carbocycles. The first kappa shape index (κ1) is 25.5. The minimum atomic E-state index is -3.76. The van der Waals surface area contributed by atoms with Crippen molar-refractivity contribution in [2.75, 3.05) is 32.2 Å². The largest absolute Gasteiger partial charge is 0.493 e. The van der Waals surface area contributed by atoms with Crippen LogP contribution in [-0.4, -0.2) is 51.2 Å². The summed E-state index contributed by atoms with van der Waals surface area (Å²) in [5, 5.41) is 6.17. The molecule has 1 fully saturated rings. The molecule has 1 aliphatic rings. The lowest BCUT2D eigenvalue weighted by atomic mass is 9.69. The molecule has 10 heteroatoms. The second kappa shape index (κ2) is 9.60. The van der Waals surface area contributed by atoms with E-state index in [2.05, 4.69) is 33.4 Å². The first-order valence-electron chi connectivity index (χ1n) is 11.3. The fourth-order valence-electron chi connectivity index (χ4n) is 5.42. The van der Waals surface area contributed by atoms with Gasteiger partial charge in [0.15, 0.2) is 11.5 Å². The number of ether oxygens (including phenoxy) is 2. The third-order valence-electron chi connectivity index (χ3n) is 6.57. The van der Waals surface area contributed by atoms with Crippen LogP contribution in [0.15, 0.2) is 18.5 Å². The van der Waals surface area contributed by atoms with Crippen molar-refractivity contribution < 1.29 is 17.9 Å². The Bertz CT molecular complexity index is 1090. The molecule has 1 aromatic heterocycles. The quantitative estimate of drug-likeness (QED) is 0.596. The highest BCUT2D eigenvalue weighted by Crippen LogP contribution is 2.42. The van der Waals surface area contributed by atoms with Gasteiger partial charge in [-0.3, -0.25) is 0 Å². The van der Waals surface area contributed by atoms with Gasteiger partial charge in [-0.15, -0.1) is 0 Å². The Hall–Kier alpha value is -2.17. The van der Waals surface area contributed by atoms with E-state index in [0.717, 1.165) is 49.1 Å². The number of nitrogens with two attached hydrogens (primary N) is 1. The van der Waals surface area contributed by atoms with Gasteiger partial charge >= 0.3 is 0 Å². The molecule has 0 saturated carbocycles. The van der Waals surface area contributed by atoms with E-state index in [-0.39, 0.29) is 5.41 Å². The zero-order valence-corrected chi connectivity index (χ0v) is 21.3. The molecule has 0 amide bonds. The van der Waals surface area contributed by atoms with Crippen LogP contribution in [0.3, 0.4) is 0 Å². The first-order chi connectivity index (χ1) is 15.3. The average molecular weight is 480 g/mol. The van der Waals surface area contributed by atoms with Gasteiger partial charge in [0.2, 0.25) is 0 Å². The first-order valence-corrected chi connectivity index (χ1v) is 12.8. The Morgan fingerprint density at radius 3 is 2.39 bits per heavy atom. The van der Waals surface area contributed by atoms with Crippen molar-refractivity contribution in [2.24, 2.45) is 16.5 Å². The molecule has 1 aliphatic heterocycles. The predicted molar refractivity (Wildman–Crippen MR) is 131 cm³/mol. The van der Waals surface area contributed by atoms with Crippen LogP contribution in [-0.2, 0) is 10.2 Å². The summed E-state index contributed by atoms with van der Waals surface area (Å²) in [6.07, 6.45) is 5.36. The van der Waals surface area contributed by atoms with Gasteiger partial charge in [0.1, 0.15) is 12.1 Å². The number of rotatable bonds is 8. The Morgan fingerprint density at radius 1 is 1.09 bits per heavy atom. The molecule has 184 valence electrons. The van der Waals surface area contributed by atoms with Crippen molar-refractivity contribution in [3.05, 3.63) is 18.5 Å². The van der Waals surface area contributed by atoms with Crippen LogP contribution < -0.4 is 24.2 Å². The molecule has 1 saturated heterocycles. The van der Waals surface area contributed by atoms with Crippen LogP contribution >= 0.6 is 0 Å². The molecule has 33 heavy (non-hydrogen) atoms. The average Bonchev–Trinajstić information content (AvgIpc) is 2.96. The third kappa shape index (κ3) is 6.24. The van der Waals surface area contributed by atoms with E-state index in [1.54, 1.807) is 20.5 Å². The maximum Gasteiger partial charge on any atom is 0.274 e. The zero-order chi connectivity index (χ0) is 24.4. The van der Waals surface area contributed by atoms with Crippen molar-refractivity contribution in [1.82, 2.24) is 14.7 Å². The molecule has 1 atom stereocenters. The number of aromatic nitrogens is 2. The third-order valence-corrected chi connectivity index (χ3v) is 7.41. The van der Waals surface area contributed by atoms with Crippen LogP contribution in [0.4, 0.5) is 5.82 Å². The highest BCUT2D eigenvalue weighted by Gasteiger charge is 2.37. The predicted octanol–water partition coefficient (Wildman–Crippen LogP) is 3.24. The second-order valence-electron chi connectivity index (χ2n) is 10.2. The summed E-state index contributed by atoms with van der Waals surface area (Å²) < 4.78 is 36.7. The van der Waals surface area contributed by atoms with E-state index < -0.39 is 15.7 Å². The molecular formula is C23H37N5O4S. The number of hydrogen-bond donors (Lipinski definition) is 2. The van der Waals surface area contributed by atoms with Gasteiger partial charge in [0, 0.05) is 30.1 Å². The van der Waals surface area contributed by atoms with Gasteiger partial charge < -0.3 is 14.4 Å². The van der Waals surface area contributed by atoms with E-state index >= 15 is 0 Å². The van der Waals surface area contributed by atoms with Crippen LogP contribution in [0.25, 0.3) is 10.9 Å². The molecule has 0 bridgehead atoms. The molecular weight excluding hydrogens is 442 g/mol. The molecule has 0 radical (unpaired) electrons. The van der Waals surface area contributed by atoms with Gasteiger partial charge in [0.25, 0.3) is 10.2 Å².